The van der Waals surface area contributed by atoms with E-state index in [0.717, 1.165) is 13.1 Å². The predicted molar refractivity (Wildman–Crippen MR) is 78.9 cm³/mol. The molecule has 0 spiro atoms. The van der Waals surface area contributed by atoms with Crippen LogP contribution in [0.1, 0.15) is 32.1 Å². The summed E-state index contributed by atoms with van der Waals surface area (Å²) in [7, 11) is -3.09. The van der Waals surface area contributed by atoms with Gasteiger partial charge in [-0.2, -0.15) is 0 Å². The quantitative estimate of drug-likeness (QED) is 0.679. The monoisotopic (exact) mass is 323 g/mol. The number of alkyl halides is 1. The van der Waals surface area contributed by atoms with Gasteiger partial charge in [0.2, 0.25) is 0 Å². The largest absolute Gasteiger partial charge is 0.346 e. The Morgan fingerprint density at radius 2 is 1.70 bits per heavy atom. The average Bonchev–Trinajstić information content (AvgIpc) is 2.55. The molecule has 2 N–H and O–H groups in total. The zero-order valence-corrected chi connectivity index (χ0v) is 13.3. The lowest BCUT2D eigenvalue weighted by Gasteiger charge is -2.22. The predicted octanol–water partition coefficient (Wildman–Crippen LogP) is -0.644. The molecule has 2 saturated heterocycles. The topological polar surface area (TPSA) is 67.7 Å². The van der Waals surface area contributed by atoms with E-state index in [9.17, 15) is 13.2 Å². The van der Waals surface area contributed by atoms with Gasteiger partial charge in [-0.05, 0) is 25.7 Å². The summed E-state index contributed by atoms with van der Waals surface area (Å²) in [5.74, 6) is -0.133. The summed E-state index contributed by atoms with van der Waals surface area (Å²) in [6, 6.07) is -0.427. The molecule has 0 saturated carbocycles. The van der Waals surface area contributed by atoms with E-state index in [1.165, 1.54) is 37.0 Å². The lowest BCUT2D eigenvalue weighted by Crippen LogP contribution is -3.13. The Labute approximate surface area is 126 Å². The molecule has 2 heterocycles. The van der Waals surface area contributed by atoms with Crippen molar-refractivity contribution in [3.05, 3.63) is 0 Å². The summed E-state index contributed by atoms with van der Waals surface area (Å²) in [5.41, 5.74) is 0. The van der Waals surface area contributed by atoms with Crippen LogP contribution in [0.3, 0.4) is 0 Å². The molecule has 0 unspecified atom stereocenters. The zero-order chi connectivity index (χ0) is 14.6. The highest BCUT2D eigenvalue weighted by molar-refractivity contribution is 7.91. The number of likely N-dealkylation sites (tertiary alicyclic amines) is 1. The summed E-state index contributed by atoms with van der Waals surface area (Å²) in [6.45, 7) is 2.49. The van der Waals surface area contributed by atoms with E-state index >= 15 is 0 Å². The van der Waals surface area contributed by atoms with Crippen LogP contribution in [0.2, 0.25) is 0 Å². The number of quaternary nitrogens is 1. The van der Waals surface area contributed by atoms with E-state index in [1.54, 1.807) is 0 Å². The highest BCUT2D eigenvalue weighted by atomic mass is 35.5. The molecule has 0 radical (unpaired) electrons. The lowest BCUT2D eigenvalue weighted by molar-refractivity contribution is -0.893. The van der Waals surface area contributed by atoms with E-state index in [0.29, 0.717) is 6.54 Å². The second-order valence-corrected chi connectivity index (χ2v) is 8.68. The van der Waals surface area contributed by atoms with Gasteiger partial charge in [-0.15, -0.1) is 11.6 Å². The first kappa shape index (κ1) is 16.0. The van der Waals surface area contributed by atoms with Crippen LogP contribution < -0.4 is 10.2 Å². The normalized spacial score (nSPS) is 31.4. The van der Waals surface area contributed by atoms with Crippen LogP contribution >= 0.6 is 11.6 Å². The number of halogens is 1. The molecule has 2 atom stereocenters. The molecule has 0 aliphatic carbocycles. The maximum absolute atomic E-state index is 12.0. The maximum Gasteiger partial charge on any atom is 0.275 e. The number of carbonyl (C=O) groups is 1. The summed E-state index contributed by atoms with van der Waals surface area (Å²) in [5, 5.41) is 2.30. The number of hydrogen-bond acceptors (Lipinski definition) is 3. The number of amides is 1. The fourth-order valence-electron chi connectivity index (χ4n) is 3.00. The molecule has 20 heavy (non-hydrogen) atoms. The molecular formula is C13H24ClN2O3S+. The van der Waals surface area contributed by atoms with Gasteiger partial charge in [0.05, 0.1) is 36.0 Å². The molecule has 0 aromatic heterocycles. The van der Waals surface area contributed by atoms with E-state index < -0.39 is 21.3 Å². The van der Waals surface area contributed by atoms with Crippen molar-refractivity contribution in [2.45, 2.75) is 43.5 Å². The molecule has 0 bridgehead atoms. The Morgan fingerprint density at radius 3 is 2.25 bits per heavy atom. The van der Waals surface area contributed by atoms with Crippen LogP contribution in [0.5, 0.6) is 0 Å². The molecule has 2 rings (SSSR count). The van der Waals surface area contributed by atoms with Crippen LogP contribution in [0.25, 0.3) is 0 Å². The Morgan fingerprint density at radius 1 is 1.10 bits per heavy atom. The van der Waals surface area contributed by atoms with Gasteiger partial charge < -0.3 is 10.2 Å². The third kappa shape index (κ3) is 4.90. The van der Waals surface area contributed by atoms with Crippen molar-refractivity contribution in [1.29, 1.82) is 0 Å². The molecule has 2 aliphatic rings. The van der Waals surface area contributed by atoms with Crippen LogP contribution in [-0.2, 0) is 14.6 Å². The fraction of sp³-hybridized carbons (Fsp3) is 0.923. The number of rotatable bonds is 3. The minimum atomic E-state index is -3.09. The van der Waals surface area contributed by atoms with E-state index in [1.807, 2.05) is 0 Å². The average molecular weight is 324 g/mol. The summed E-state index contributed by atoms with van der Waals surface area (Å²) < 4.78 is 22.9. The van der Waals surface area contributed by atoms with Gasteiger partial charge in [-0.1, -0.05) is 6.42 Å². The Balaban J connectivity index is 1.79. The van der Waals surface area contributed by atoms with Crippen molar-refractivity contribution >= 4 is 27.3 Å². The van der Waals surface area contributed by atoms with Gasteiger partial charge in [0.15, 0.2) is 16.4 Å². The Hall–Kier alpha value is -0.330. The molecular weight excluding hydrogens is 300 g/mol. The number of carbonyl (C=O) groups excluding carboxylic acids is 1. The third-order valence-corrected chi connectivity index (χ3v) is 6.48. The van der Waals surface area contributed by atoms with E-state index in [-0.39, 0.29) is 17.4 Å². The third-order valence-electron chi connectivity index (χ3n) is 4.10. The molecule has 0 aromatic carbocycles. The van der Waals surface area contributed by atoms with Crippen molar-refractivity contribution in [3.8, 4) is 0 Å². The van der Waals surface area contributed by atoms with E-state index in [2.05, 4.69) is 5.32 Å². The zero-order valence-electron chi connectivity index (χ0n) is 11.7. The smallest absolute Gasteiger partial charge is 0.275 e. The highest BCUT2D eigenvalue weighted by Gasteiger charge is 2.37. The van der Waals surface area contributed by atoms with Crippen LogP contribution in [0, 0.1) is 0 Å². The summed E-state index contributed by atoms with van der Waals surface area (Å²) >= 11 is 6.00. The summed E-state index contributed by atoms with van der Waals surface area (Å²) in [6.07, 6.45) is 6.12. The van der Waals surface area contributed by atoms with Gasteiger partial charge >= 0.3 is 0 Å². The molecule has 1 amide bonds. The molecule has 2 aliphatic heterocycles. The van der Waals surface area contributed by atoms with Gasteiger partial charge in [-0.3, -0.25) is 4.79 Å². The Kier molecular flexibility index (Phi) is 5.69. The van der Waals surface area contributed by atoms with Crippen LogP contribution in [0.15, 0.2) is 0 Å². The second kappa shape index (κ2) is 7.09. The van der Waals surface area contributed by atoms with E-state index in [4.69, 9.17) is 11.6 Å². The van der Waals surface area contributed by atoms with Crippen LogP contribution in [-0.4, -0.2) is 56.9 Å². The molecule has 116 valence electrons. The molecule has 0 aromatic rings. The maximum atomic E-state index is 12.0. The van der Waals surface area contributed by atoms with Gasteiger partial charge in [0, 0.05) is 0 Å². The molecule has 2 fully saturated rings. The lowest BCUT2D eigenvalue weighted by atomic mass is 10.1. The first-order valence-corrected chi connectivity index (χ1v) is 9.69. The SMILES string of the molecule is O=C(C[NH+]1CCCCCCC1)N[C@@H]1CS(=O)(=O)C[C@H]1Cl. The highest BCUT2D eigenvalue weighted by Crippen LogP contribution is 2.17. The minimum absolute atomic E-state index is 0.0256. The first-order valence-electron chi connectivity index (χ1n) is 7.44. The van der Waals surface area contributed by atoms with Gasteiger partial charge in [0.25, 0.3) is 5.91 Å². The second-order valence-electron chi connectivity index (χ2n) is 5.96. The molecule has 7 heteroatoms. The van der Waals surface area contributed by atoms with Crippen molar-refractivity contribution in [2.75, 3.05) is 31.1 Å². The molecule has 5 nitrogen and oxygen atoms in total. The first-order chi connectivity index (χ1) is 9.46. The summed E-state index contributed by atoms with van der Waals surface area (Å²) in [4.78, 5) is 13.3. The number of nitrogens with one attached hydrogen (secondary N) is 2. The minimum Gasteiger partial charge on any atom is -0.346 e. The standard InChI is InChI=1S/C13H23ClN2O3S/c14-11-9-20(18,19)10-12(11)15-13(17)8-16-6-4-2-1-3-5-7-16/h11-12H,1-10H2,(H,15,17)/p+1/t11-,12-/m1/s1. The van der Waals surface area contributed by atoms with Crippen molar-refractivity contribution in [3.63, 3.8) is 0 Å². The van der Waals surface area contributed by atoms with Crippen molar-refractivity contribution in [1.82, 2.24) is 5.32 Å². The van der Waals surface area contributed by atoms with Gasteiger partial charge in [0.1, 0.15) is 0 Å². The van der Waals surface area contributed by atoms with Gasteiger partial charge in [-0.25, -0.2) is 8.42 Å². The Bertz CT molecular complexity index is 433. The number of sulfone groups is 1. The van der Waals surface area contributed by atoms with Crippen LogP contribution in [0.4, 0.5) is 0 Å². The number of hydrogen-bond donors (Lipinski definition) is 2. The van der Waals surface area contributed by atoms with Crippen molar-refractivity contribution in [2.24, 2.45) is 0 Å². The van der Waals surface area contributed by atoms with Crippen molar-refractivity contribution < 1.29 is 18.1 Å². The fourth-order valence-corrected chi connectivity index (χ4v) is 5.55.